The summed E-state index contributed by atoms with van der Waals surface area (Å²) in [6.45, 7) is 0.451. The second-order valence-corrected chi connectivity index (χ2v) is 3.89. The van der Waals surface area contributed by atoms with Gasteiger partial charge in [-0.1, -0.05) is 18.2 Å². The van der Waals surface area contributed by atoms with E-state index < -0.39 is 5.97 Å². The molecule has 0 N–H and O–H groups in total. The summed E-state index contributed by atoms with van der Waals surface area (Å²) in [5.41, 5.74) is 1.09. The zero-order chi connectivity index (χ0) is 11.1. The molecule has 0 fully saturated rings. The predicted octanol–water partition coefficient (Wildman–Crippen LogP) is 2.49. The number of ether oxygens (including phenoxy) is 2. The Morgan fingerprint density at radius 3 is 2.87 bits per heavy atom. The zero-order valence-corrected chi connectivity index (χ0v) is 10.4. The number of carbonyl (C=O) groups is 1. The number of methoxy groups -OCH3 is 1. The van der Waals surface area contributed by atoms with Crippen molar-refractivity contribution in [1.29, 1.82) is 0 Å². The Bertz CT molecular complexity index is 361. The third kappa shape index (κ3) is 4.33. The molecule has 0 amide bonds. The first kappa shape index (κ1) is 12.0. The summed E-state index contributed by atoms with van der Waals surface area (Å²) in [6, 6.07) is 7.90. The Hall–Kier alpha value is -1.04. The van der Waals surface area contributed by atoms with Crippen LogP contribution in [0.3, 0.4) is 0 Å². The standard InChI is InChI=1S/C11H11IO3/c1-14-11(13)6-7-15-8-9-4-2-3-5-10(9)12/h2-7H,8H2,1H3/b7-6+. The minimum atomic E-state index is -0.419. The molecule has 4 heteroatoms. The van der Waals surface area contributed by atoms with Crippen molar-refractivity contribution in [2.45, 2.75) is 6.61 Å². The molecule has 0 aliphatic heterocycles. The molecule has 80 valence electrons. The van der Waals surface area contributed by atoms with E-state index in [0.717, 1.165) is 9.13 Å². The van der Waals surface area contributed by atoms with Gasteiger partial charge in [0.05, 0.1) is 19.4 Å². The van der Waals surface area contributed by atoms with E-state index in [0.29, 0.717) is 6.61 Å². The topological polar surface area (TPSA) is 35.5 Å². The van der Waals surface area contributed by atoms with Crippen LogP contribution in [0.4, 0.5) is 0 Å². The van der Waals surface area contributed by atoms with Crippen molar-refractivity contribution in [2.24, 2.45) is 0 Å². The smallest absolute Gasteiger partial charge is 0.333 e. The van der Waals surface area contributed by atoms with E-state index in [4.69, 9.17) is 4.74 Å². The number of esters is 1. The fraction of sp³-hybridized carbons (Fsp3) is 0.182. The summed E-state index contributed by atoms with van der Waals surface area (Å²) >= 11 is 2.24. The Morgan fingerprint density at radius 2 is 2.20 bits per heavy atom. The maximum atomic E-state index is 10.7. The van der Waals surface area contributed by atoms with E-state index in [-0.39, 0.29) is 0 Å². The van der Waals surface area contributed by atoms with Gasteiger partial charge in [0.25, 0.3) is 0 Å². The summed E-state index contributed by atoms with van der Waals surface area (Å²) in [5.74, 6) is -0.419. The van der Waals surface area contributed by atoms with Crippen LogP contribution < -0.4 is 0 Å². The minimum Gasteiger partial charge on any atom is -0.496 e. The Labute approximate surface area is 102 Å². The number of carbonyl (C=O) groups excluding carboxylic acids is 1. The monoisotopic (exact) mass is 318 g/mol. The molecule has 0 heterocycles. The van der Waals surface area contributed by atoms with Gasteiger partial charge in [-0.3, -0.25) is 0 Å². The summed E-state index contributed by atoms with van der Waals surface area (Å²) in [7, 11) is 1.33. The Kier molecular flexibility index (Phi) is 5.17. The molecule has 0 radical (unpaired) electrons. The van der Waals surface area contributed by atoms with Crippen LogP contribution in [0, 0.1) is 3.57 Å². The van der Waals surface area contributed by atoms with Gasteiger partial charge in [0.15, 0.2) is 0 Å². The maximum Gasteiger partial charge on any atom is 0.333 e. The highest BCUT2D eigenvalue weighted by Crippen LogP contribution is 2.12. The van der Waals surface area contributed by atoms with Gasteiger partial charge >= 0.3 is 5.97 Å². The largest absolute Gasteiger partial charge is 0.496 e. The van der Waals surface area contributed by atoms with Crippen molar-refractivity contribution in [2.75, 3.05) is 7.11 Å². The molecule has 0 atom stereocenters. The lowest BCUT2D eigenvalue weighted by Crippen LogP contribution is -1.95. The fourth-order valence-corrected chi connectivity index (χ4v) is 1.47. The van der Waals surface area contributed by atoms with Gasteiger partial charge in [-0.2, -0.15) is 0 Å². The molecule has 1 rings (SSSR count). The van der Waals surface area contributed by atoms with Gasteiger partial charge in [0.2, 0.25) is 0 Å². The average Bonchev–Trinajstić information content (AvgIpc) is 2.26. The summed E-state index contributed by atoms with van der Waals surface area (Å²) in [6.07, 6.45) is 2.59. The summed E-state index contributed by atoms with van der Waals surface area (Å²) in [4.78, 5) is 10.7. The van der Waals surface area contributed by atoms with Crippen LogP contribution in [-0.2, 0) is 20.9 Å². The average molecular weight is 318 g/mol. The van der Waals surface area contributed by atoms with Crippen molar-refractivity contribution in [3.63, 3.8) is 0 Å². The highest BCUT2D eigenvalue weighted by atomic mass is 127. The van der Waals surface area contributed by atoms with Crippen LogP contribution in [0.15, 0.2) is 36.6 Å². The molecular weight excluding hydrogens is 307 g/mol. The van der Waals surface area contributed by atoms with Gasteiger partial charge in [-0.05, 0) is 28.7 Å². The lowest BCUT2D eigenvalue weighted by atomic mass is 10.2. The normalized spacial score (nSPS) is 10.3. The fourth-order valence-electron chi connectivity index (χ4n) is 0.925. The van der Waals surface area contributed by atoms with Crippen LogP contribution in [0.1, 0.15) is 5.56 Å². The lowest BCUT2D eigenvalue weighted by molar-refractivity contribution is -0.135. The van der Waals surface area contributed by atoms with E-state index in [1.54, 1.807) is 0 Å². The summed E-state index contributed by atoms with van der Waals surface area (Å²) < 4.78 is 10.7. The van der Waals surface area contributed by atoms with Crippen molar-refractivity contribution in [3.8, 4) is 0 Å². The quantitative estimate of drug-likeness (QED) is 0.370. The Balaban J connectivity index is 2.41. The molecule has 15 heavy (non-hydrogen) atoms. The van der Waals surface area contributed by atoms with Crippen molar-refractivity contribution in [1.82, 2.24) is 0 Å². The number of rotatable bonds is 4. The minimum absolute atomic E-state index is 0.419. The highest BCUT2D eigenvalue weighted by molar-refractivity contribution is 14.1. The van der Waals surface area contributed by atoms with Gasteiger partial charge in [-0.25, -0.2) is 4.79 Å². The van der Waals surface area contributed by atoms with Crippen molar-refractivity contribution in [3.05, 3.63) is 45.7 Å². The lowest BCUT2D eigenvalue weighted by Gasteiger charge is -2.03. The second-order valence-electron chi connectivity index (χ2n) is 2.73. The highest BCUT2D eigenvalue weighted by Gasteiger charge is 1.97. The maximum absolute atomic E-state index is 10.7. The van der Waals surface area contributed by atoms with E-state index in [1.807, 2.05) is 24.3 Å². The zero-order valence-electron chi connectivity index (χ0n) is 8.27. The van der Waals surface area contributed by atoms with Crippen LogP contribution in [0.25, 0.3) is 0 Å². The number of hydrogen-bond donors (Lipinski definition) is 0. The first-order valence-electron chi connectivity index (χ1n) is 4.33. The number of halogens is 1. The summed E-state index contributed by atoms with van der Waals surface area (Å²) in [5, 5.41) is 0. The molecule has 0 aliphatic rings. The Morgan fingerprint density at radius 1 is 1.47 bits per heavy atom. The molecule has 0 saturated carbocycles. The third-order valence-corrected chi connectivity index (χ3v) is 2.75. The van der Waals surface area contributed by atoms with E-state index >= 15 is 0 Å². The van der Waals surface area contributed by atoms with Gasteiger partial charge in [0, 0.05) is 9.13 Å². The number of hydrogen-bond acceptors (Lipinski definition) is 3. The van der Waals surface area contributed by atoms with Crippen molar-refractivity contribution < 1.29 is 14.3 Å². The molecule has 3 nitrogen and oxygen atoms in total. The van der Waals surface area contributed by atoms with Crippen LogP contribution in [-0.4, -0.2) is 13.1 Å². The van der Waals surface area contributed by atoms with Gasteiger partial charge in [-0.15, -0.1) is 0 Å². The molecule has 0 unspecified atom stereocenters. The van der Waals surface area contributed by atoms with Crippen molar-refractivity contribution >= 4 is 28.6 Å². The molecule has 1 aromatic rings. The molecule has 1 aromatic carbocycles. The van der Waals surface area contributed by atoms with E-state index in [9.17, 15) is 4.79 Å². The van der Waals surface area contributed by atoms with Crippen LogP contribution in [0.5, 0.6) is 0 Å². The molecule has 0 spiro atoms. The molecule has 0 aliphatic carbocycles. The second kappa shape index (κ2) is 6.44. The molecular formula is C11H11IO3. The van der Waals surface area contributed by atoms with Crippen LogP contribution >= 0.6 is 22.6 Å². The first-order chi connectivity index (χ1) is 7.24. The van der Waals surface area contributed by atoms with Gasteiger partial charge < -0.3 is 9.47 Å². The van der Waals surface area contributed by atoms with E-state index in [1.165, 1.54) is 19.4 Å². The SMILES string of the molecule is COC(=O)/C=C/OCc1ccccc1I. The first-order valence-corrected chi connectivity index (χ1v) is 5.41. The number of benzene rings is 1. The molecule has 0 saturated heterocycles. The molecule has 0 aromatic heterocycles. The van der Waals surface area contributed by atoms with E-state index in [2.05, 4.69) is 27.3 Å². The van der Waals surface area contributed by atoms with Crippen LogP contribution in [0.2, 0.25) is 0 Å². The van der Waals surface area contributed by atoms with Gasteiger partial charge in [0.1, 0.15) is 6.61 Å². The third-order valence-electron chi connectivity index (χ3n) is 1.70. The predicted molar refractivity (Wildman–Crippen MR) is 65.1 cm³/mol. The molecule has 0 bridgehead atoms.